The van der Waals surface area contributed by atoms with Crippen molar-refractivity contribution in [2.24, 2.45) is 0 Å². The van der Waals surface area contributed by atoms with E-state index < -0.39 is 0 Å². The Morgan fingerprint density at radius 2 is 2.25 bits per heavy atom. The van der Waals surface area contributed by atoms with Crippen molar-refractivity contribution in [1.29, 1.82) is 0 Å². The van der Waals surface area contributed by atoms with E-state index in [4.69, 9.17) is 16.3 Å². The lowest BCUT2D eigenvalue weighted by molar-refractivity contribution is 0.0930. The number of halogens is 1. The lowest BCUT2D eigenvalue weighted by Gasteiger charge is -2.37. The van der Waals surface area contributed by atoms with Crippen LogP contribution in [0.4, 0.5) is 5.69 Å². The highest BCUT2D eigenvalue weighted by Gasteiger charge is 2.23. The van der Waals surface area contributed by atoms with Crippen molar-refractivity contribution >= 4 is 17.3 Å². The predicted molar refractivity (Wildman–Crippen MR) is 85.8 cm³/mol. The Balaban J connectivity index is 2.20. The maximum absolute atomic E-state index is 6.52. The molecule has 2 atom stereocenters. The largest absolute Gasteiger partial charge is 0.377 e. The number of benzene rings is 1. The van der Waals surface area contributed by atoms with Gasteiger partial charge in [0, 0.05) is 12.6 Å². The summed E-state index contributed by atoms with van der Waals surface area (Å²) in [4.78, 5) is 2.38. The average molecular weight is 297 g/mol. The fourth-order valence-electron chi connectivity index (χ4n) is 2.76. The van der Waals surface area contributed by atoms with Crippen molar-refractivity contribution in [3.05, 3.63) is 28.8 Å². The Morgan fingerprint density at radius 1 is 1.45 bits per heavy atom. The molecule has 1 aromatic rings. The second-order valence-electron chi connectivity index (χ2n) is 5.32. The van der Waals surface area contributed by atoms with Crippen LogP contribution in [0.5, 0.6) is 0 Å². The molecule has 2 rings (SSSR count). The molecule has 0 bridgehead atoms. The first kappa shape index (κ1) is 15.6. The van der Waals surface area contributed by atoms with Crippen LogP contribution in [0.25, 0.3) is 0 Å². The molecule has 0 aromatic heterocycles. The zero-order valence-corrected chi connectivity index (χ0v) is 13.4. The Labute approximate surface area is 127 Å². The molecule has 1 heterocycles. The molecular weight excluding hydrogens is 272 g/mol. The Bertz CT molecular complexity index is 438. The summed E-state index contributed by atoms with van der Waals surface area (Å²) < 4.78 is 5.56. The minimum absolute atomic E-state index is 0.332. The van der Waals surface area contributed by atoms with E-state index in [0.717, 1.165) is 43.4 Å². The number of anilines is 1. The molecule has 0 amide bonds. The number of hydrogen-bond donors (Lipinski definition) is 1. The van der Waals surface area contributed by atoms with Crippen LogP contribution in [0, 0.1) is 0 Å². The fourth-order valence-corrected chi connectivity index (χ4v) is 3.06. The molecular formula is C16H25ClN2O. The van der Waals surface area contributed by atoms with E-state index in [0.29, 0.717) is 12.1 Å². The van der Waals surface area contributed by atoms with Gasteiger partial charge in [-0.2, -0.15) is 0 Å². The van der Waals surface area contributed by atoms with E-state index in [1.807, 2.05) is 0 Å². The molecule has 2 unspecified atom stereocenters. The normalized spacial score (nSPS) is 21.0. The molecule has 0 saturated carbocycles. The van der Waals surface area contributed by atoms with Gasteiger partial charge >= 0.3 is 0 Å². The van der Waals surface area contributed by atoms with E-state index in [2.05, 4.69) is 49.2 Å². The summed E-state index contributed by atoms with van der Waals surface area (Å²) in [5, 5.41) is 4.26. The van der Waals surface area contributed by atoms with E-state index in [1.54, 1.807) is 0 Å². The zero-order valence-electron chi connectivity index (χ0n) is 12.7. The third kappa shape index (κ3) is 3.46. The molecule has 1 aromatic carbocycles. The topological polar surface area (TPSA) is 24.5 Å². The van der Waals surface area contributed by atoms with Gasteiger partial charge in [-0.1, -0.05) is 31.5 Å². The van der Waals surface area contributed by atoms with Crippen molar-refractivity contribution in [3.8, 4) is 0 Å². The van der Waals surface area contributed by atoms with Gasteiger partial charge in [-0.15, -0.1) is 0 Å². The summed E-state index contributed by atoms with van der Waals surface area (Å²) in [5.41, 5.74) is 2.37. The van der Waals surface area contributed by atoms with Gasteiger partial charge < -0.3 is 15.0 Å². The molecule has 1 aliphatic heterocycles. The highest BCUT2D eigenvalue weighted by atomic mass is 35.5. The van der Waals surface area contributed by atoms with Gasteiger partial charge in [0.05, 0.1) is 30.0 Å². The number of hydrogen-bond acceptors (Lipinski definition) is 3. The van der Waals surface area contributed by atoms with Crippen molar-refractivity contribution in [2.75, 3.05) is 31.2 Å². The SMILES string of the molecule is CCNC(C)c1ccc(N2CCOCC2CC)c(Cl)c1. The molecule has 1 fully saturated rings. The second kappa shape index (κ2) is 7.30. The van der Waals surface area contributed by atoms with Crippen LogP contribution in [0.15, 0.2) is 18.2 Å². The number of nitrogens with zero attached hydrogens (tertiary/aromatic N) is 1. The van der Waals surface area contributed by atoms with Crippen molar-refractivity contribution in [2.45, 2.75) is 39.3 Å². The van der Waals surface area contributed by atoms with E-state index in [9.17, 15) is 0 Å². The average Bonchev–Trinajstić information content (AvgIpc) is 2.47. The van der Waals surface area contributed by atoms with Crippen LogP contribution in [0.3, 0.4) is 0 Å². The smallest absolute Gasteiger partial charge is 0.0670 e. The minimum atomic E-state index is 0.332. The van der Waals surface area contributed by atoms with Gasteiger partial charge in [0.1, 0.15) is 0 Å². The number of rotatable bonds is 5. The van der Waals surface area contributed by atoms with Gasteiger partial charge in [0.15, 0.2) is 0 Å². The van der Waals surface area contributed by atoms with Crippen molar-refractivity contribution in [3.63, 3.8) is 0 Å². The van der Waals surface area contributed by atoms with E-state index in [1.165, 1.54) is 5.56 Å². The predicted octanol–water partition coefficient (Wildman–Crippen LogP) is 3.63. The van der Waals surface area contributed by atoms with Crippen LogP contribution in [0.1, 0.15) is 38.8 Å². The quantitative estimate of drug-likeness (QED) is 0.898. The lowest BCUT2D eigenvalue weighted by Crippen LogP contribution is -2.45. The van der Waals surface area contributed by atoms with Gasteiger partial charge in [-0.3, -0.25) is 0 Å². The third-order valence-corrected chi connectivity index (χ3v) is 4.29. The zero-order chi connectivity index (χ0) is 14.5. The summed E-state index contributed by atoms with van der Waals surface area (Å²) >= 11 is 6.52. The summed E-state index contributed by atoms with van der Waals surface area (Å²) in [5.74, 6) is 0. The van der Waals surface area contributed by atoms with Crippen LogP contribution in [0.2, 0.25) is 5.02 Å². The summed E-state index contributed by atoms with van der Waals surface area (Å²) in [7, 11) is 0. The molecule has 0 spiro atoms. The standard InChI is InChI=1S/C16H25ClN2O/c1-4-14-11-20-9-8-19(14)16-7-6-13(10-15(16)17)12(3)18-5-2/h6-7,10,12,14,18H,4-5,8-9,11H2,1-3H3. The maximum atomic E-state index is 6.52. The first-order chi connectivity index (χ1) is 9.67. The van der Waals surface area contributed by atoms with Gasteiger partial charge in [-0.05, 0) is 37.6 Å². The molecule has 1 aliphatic rings. The molecule has 112 valence electrons. The highest BCUT2D eigenvalue weighted by Crippen LogP contribution is 2.31. The number of morpholine rings is 1. The second-order valence-corrected chi connectivity index (χ2v) is 5.73. The van der Waals surface area contributed by atoms with Crippen LogP contribution < -0.4 is 10.2 Å². The van der Waals surface area contributed by atoms with Crippen molar-refractivity contribution in [1.82, 2.24) is 5.32 Å². The first-order valence-corrected chi connectivity index (χ1v) is 7.92. The molecule has 0 radical (unpaired) electrons. The Morgan fingerprint density at radius 3 is 2.90 bits per heavy atom. The summed E-state index contributed by atoms with van der Waals surface area (Å²) in [6.07, 6.45) is 1.08. The summed E-state index contributed by atoms with van der Waals surface area (Å²) in [6.45, 7) is 9.93. The van der Waals surface area contributed by atoms with E-state index in [-0.39, 0.29) is 0 Å². The highest BCUT2D eigenvalue weighted by molar-refractivity contribution is 6.33. The monoisotopic (exact) mass is 296 g/mol. The van der Waals surface area contributed by atoms with Crippen LogP contribution >= 0.6 is 11.6 Å². The molecule has 20 heavy (non-hydrogen) atoms. The van der Waals surface area contributed by atoms with Crippen LogP contribution in [-0.4, -0.2) is 32.3 Å². The molecule has 1 saturated heterocycles. The molecule has 0 aliphatic carbocycles. The summed E-state index contributed by atoms with van der Waals surface area (Å²) in [6, 6.07) is 7.18. The first-order valence-electron chi connectivity index (χ1n) is 7.54. The minimum Gasteiger partial charge on any atom is -0.377 e. The van der Waals surface area contributed by atoms with Gasteiger partial charge in [-0.25, -0.2) is 0 Å². The van der Waals surface area contributed by atoms with E-state index >= 15 is 0 Å². The Hall–Kier alpha value is -0.770. The Kier molecular flexibility index (Phi) is 5.70. The van der Waals surface area contributed by atoms with Crippen LogP contribution in [-0.2, 0) is 4.74 Å². The van der Waals surface area contributed by atoms with Crippen molar-refractivity contribution < 1.29 is 4.74 Å². The lowest BCUT2D eigenvalue weighted by atomic mass is 10.1. The number of ether oxygens (including phenoxy) is 1. The third-order valence-electron chi connectivity index (χ3n) is 3.99. The molecule has 1 N–H and O–H groups in total. The van der Waals surface area contributed by atoms with Gasteiger partial charge in [0.25, 0.3) is 0 Å². The molecule has 3 nitrogen and oxygen atoms in total. The maximum Gasteiger partial charge on any atom is 0.0670 e. The molecule has 4 heteroatoms. The fraction of sp³-hybridized carbons (Fsp3) is 0.625. The number of nitrogens with one attached hydrogen (secondary N) is 1. The van der Waals surface area contributed by atoms with Gasteiger partial charge in [0.2, 0.25) is 0 Å².